The Morgan fingerprint density at radius 3 is 2.41 bits per heavy atom. The minimum absolute atomic E-state index is 0.0431. The Hall–Kier alpha value is -3.76. The van der Waals surface area contributed by atoms with E-state index >= 15 is 0 Å². The molecule has 0 aliphatic rings. The molecule has 34 heavy (non-hydrogen) atoms. The fourth-order valence-corrected chi connectivity index (χ4v) is 4.50. The van der Waals surface area contributed by atoms with Gasteiger partial charge < -0.3 is 9.47 Å². The van der Waals surface area contributed by atoms with Gasteiger partial charge in [-0.05, 0) is 35.4 Å². The second-order valence-corrected chi connectivity index (χ2v) is 9.06. The van der Waals surface area contributed by atoms with Gasteiger partial charge in [-0.1, -0.05) is 42.5 Å². The van der Waals surface area contributed by atoms with Crippen molar-refractivity contribution in [2.24, 2.45) is 5.10 Å². The van der Waals surface area contributed by atoms with Crippen molar-refractivity contribution >= 4 is 22.1 Å². The van der Waals surface area contributed by atoms with Crippen LogP contribution in [0.5, 0.6) is 11.5 Å². The molecule has 0 aliphatic carbocycles. The lowest BCUT2D eigenvalue weighted by Crippen LogP contribution is -2.39. The Balaban J connectivity index is 1.83. The molecule has 3 aromatic carbocycles. The molecule has 0 atom stereocenters. The van der Waals surface area contributed by atoms with Crippen molar-refractivity contribution in [3.8, 4) is 11.5 Å². The third-order valence-electron chi connectivity index (χ3n) is 4.77. The molecule has 1 N–H and O–H groups in total. The smallest absolute Gasteiger partial charge is 0.255 e. The largest absolute Gasteiger partial charge is 0.493 e. The molecule has 3 aromatic rings. The summed E-state index contributed by atoms with van der Waals surface area (Å²) in [4.78, 5) is 12.5. The first-order chi connectivity index (χ1) is 16.3. The van der Waals surface area contributed by atoms with E-state index in [0.29, 0.717) is 16.9 Å². The van der Waals surface area contributed by atoms with Crippen LogP contribution in [0.1, 0.15) is 11.1 Å². The van der Waals surface area contributed by atoms with E-state index < -0.39 is 28.3 Å². The van der Waals surface area contributed by atoms with Crippen molar-refractivity contribution in [3.05, 3.63) is 89.7 Å². The first kappa shape index (κ1) is 24.9. The Bertz CT molecular complexity index is 1270. The van der Waals surface area contributed by atoms with E-state index in [9.17, 15) is 17.6 Å². The standard InChI is InChI=1S/C24H24FN3O5S/c1-32-22-12-11-21(14-23(22)33-2)34(30,31)28(16-18-7-4-3-5-8-18)17-24(29)27-26-15-19-9-6-10-20(25)13-19/h3-15H,16-17H2,1-2H3,(H,27,29)/b26-15-. The SMILES string of the molecule is COc1ccc(S(=O)(=O)N(CC(=O)N/N=C\c2cccc(F)c2)Cc2ccccc2)cc1OC. The molecule has 1 amide bonds. The fourth-order valence-electron chi connectivity index (χ4n) is 3.10. The predicted octanol–water partition coefficient (Wildman–Crippen LogP) is 3.18. The topological polar surface area (TPSA) is 97.3 Å². The molecule has 0 bridgehead atoms. The summed E-state index contributed by atoms with van der Waals surface area (Å²) in [6.45, 7) is -0.537. The monoisotopic (exact) mass is 485 g/mol. The summed E-state index contributed by atoms with van der Waals surface area (Å²) in [6.07, 6.45) is 1.27. The lowest BCUT2D eigenvalue weighted by molar-refractivity contribution is -0.121. The zero-order chi connectivity index (χ0) is 24.6. The number of benzene rings is 3. The van der Waals surface area contributed by atoms with Crippen LogP contribution in [0.25, 0.3) is 0 Å². The van der Waals surface area contributed by atoms with Crippen LogP contribution in [-0.2, 0) is 21.4 Å². The van der Waals surface area contributed by atoms with Crippen LogP contribution in [0.4, 0.5) is 4.39 Å². The number of hydrogen-bond acceptors (Lipinski definition) is 6. The molecule has 0 aliphatic heterocycles. The number of amides is 1. The highest BCUT2D eigenvalue weighted by Gasteiger charge is 2.28. The molecule has 0 unspecified atom stereocenters. The maximum atomic E-state index is 13.4. The average Bonchev–Trinajstić information content (AvgIpc) is 2.83. The Kier molecular flexibility index (Phi) is 8.34. The van der Waals surface area contributed by atoms with Crippen molar-refractivity contribution in [1.82, 2.24) is 9.73 Å². The first-order valence-corrected chi connectivity index (χ1v) is 11.6. The molecule has 3 rings (SSSR count). The minimum Gasteiger partial charge on any atom is -0.493 e. The van der Waals surface area contributed by atoms with E-state index in [2.05, 4.69) is 10.5 Å². The highest BCUT2D eigenvalue weighted by Crippen LogP contribution is 2.31. The van der Waals surface area contributed by atoms with E-state index in [1.165, 1.54) is 56.8 Å². The van der Waals surface area contributed by atoms with Gasteiger partial charge in [0.1, 0.15) is 5.82 Å². The van der Waals surface area contributed by atoms with E-state index in [-0.39, 0.29) is 17.2 Å². The van der Waals surface area contributed by atoms with E-state index in [1.807, 2.05) is 6.07 Å². The van der Waals surface area contributed by atoms with Crippen molar-refractivity contribution in [2.75, 3.05) is 20.8 Å². The van der Waals surface area contributed by atoms with Gasteiger partial charge in [-0.2, -0.15) is 9.41 Å². The summed E-state index contributed by atoms with van der Waals surface area (Å²) >= 11 is 0. The van der Waals surface area contributed by atoms with Gasteiger partial charge in [0.05, 0.1) is 31.9 Å². The number of rotatable bonds is 10. The first-order valence-electron chi connectivity index (χ1n) is 10.2. The predicted molar refractivity (Wildman–Crippen MR) is 126 cm³/mol. The number of hydrazone groups is 1. The second-order valence-electron chi connectivity index (χ2n) is 7.12. The average molecular weight is 486 g/mol. The van der Waals surface area contributed by atoms with Crippen LogP contribution in [0, 0.1) is 5.82 Å². The van der Waals surface area contributed by atoms with Gasteiger partial charge in [-0.3, -0.25) is 4.79 Å². The molecular formula is C24H24FN3O5S. The summed E-state index contributed by atoms with van der Waals surface area (Å²) < 4.78 is 51.6. The van der Waals surface area contributed by atoms with Gasteiger partial charge in [-0.15, -0.1) is 0 Å². The number of nitrogens with zero attached hydrogens (tertiary/aromatic N) is 2. The summed E-state index contributed by atoms with van der Waals surface area (Å²) in [7, 11) is -1.25. The summed E-state index contributed by atoms with van der Waals surface area (Å²) in [5, 5.41) is 3.80. The number of halogens is 1. The van der Waals surface area contributed by atoms with Crippen LogP contribution in [0.15, 0.2) is 82.8 Å². The maximum absolute atomic E-state index is 13.4. The highest BCUT2D eigenvalue weighted by atomic mass is 32.2. The molecule has 178 valence electrons. The van der Waals surface area contributed by atoms with Crippen molar-refractivity contribution in [1.29, 1.82) is 0 Å². The number of ether oxygens (including phenoxy) is 2. The number of carbonyl (C=O) groups is 1. The van der Waals surface area contributed by atoms with Crippen LogP contribution in [0.3, 0.4) is 0 Å². The van der Waals surface area contributed by atoms with Crippen molar-refractivity contribution < 1.29 is 27.1 Å². The normalized spacial score (nSPS) is 11.5. The fraction of sp³-hybridized carbons (Fsp3) is 0.167. The molecule has 0 heterocycles. The van der Waals surface area contributed by atoms with Crippen LogP contribution < -0.4 is 14.9 Å². The zero-order valence-corrected chi connectivity index (χ0v) is 19.5. The van der Waals surface area contributed by atoms with E-state index in [4.69, 9.17) is 9.47 Å². The summed E-state index contributed by atoms with van der Waals surface area (Å²) in [5.41, 5.74) is 3.43. The molecular weight excluding hydrogens is 461 g/mol. The summed E-state index contributed by atoms with van der Waals surface area (Å²) in [5.74, 6) is -0.481. The third-order valence-corrected chi connectivity index (χ3v) is 6.55. The van der Waals surface area contributed by atoms with Crippen LogP contribution >= 0.6 is 0 Å². The maximum Gasteiger partial charge on any atom is 0.255 e. The lowest BCUT2D eigenvalue weighted by Gasteiger charge is -2.22. The molecule has 0 saturated heterocycles. The van der Waals surface area contributed by atoms with Gasteiger partial charge in [-0.25, -0.2) is 18.2 Å². The van der Waals surface area contributed by atoms with Gasteiger partial charge in [0.2, 0.25) is 10.0 Å². The van der Waals surface area contributed by atoms with Gasteiger partial charge >= 0.3 is 0 Å². The third kappa shape index (κ3) is 6.40. The lowest BCUT2D eigenvalue weighted by atomic mass is 10.2. The van der Waals surface area contributed by atoms with Crippen molar-refractivity contribution in [3.63, 3.8) is 0 Å². The Morgan fingerprint density at radius 1 is 1.00 bits per heavy atom. The second kappa shape index (κ2) is 11.4. The number of nitrogens with one attached hydrogen (secondary N) is 1. The van der Waals surface area contributed by atoms with Crippen molar-refractivity contribution in [2.45, 2.75) is 11.4 Å². The van der Waals surface area contributed by atoms with Gasteiger partial charge in [0, 0.05) is 12.6 Å². The molecule has 0 fully saturated rings. The number of methoxy groups -OCH3 is 2. The van der Waals surface area contributed by atoms with E-state index in [1.54, 1.807) is 30.3 Å². The number of sulfonamides is 1. The van der Waals surface area contributed by atoms with Gasteiger partial charge in [0.15, 0.2) is 11.5 Å². The Morgan fingerprint density at radius 2 is 1.74 bits per heavy atom. The molecule has 10 heteroatoms. The quantitative estimate of drug-likeness (QED) is 0.351. The van der Waals surface area contributed by atoms with E-state index in [0.717, 1.165) is 4.31 Å². The number of carbonyl (C=O) groups excluding carboxylic acids is 1. The van der Waals surface area contributed by atoms with Crippen LogP contribution in [0.2, 0.25) is 0 Å². The number of hydrogen-bond donors (Lipinski definition) is 1. The summed E-state index contributed by atoms with van der Waals surface area (Å²) in [6, 6.07) is 18.8. The molecule has 0 spiro atoms. The molecule has 0 radical (unpaired) electrons. The minimum atomic E-state index is -4.10. The van der Waals surface area contributed by atoms with Crippen LogP contribution in [-0.4, -0.2) is 45.6 Å². The Labute approximate surface area is 197 Å². The van der Waals surface area contributed by atoms with Gasteiger partial charge in [0.25, 0.3) is 5.91 Å². The molecule has 0 aromatic heterocycles. The zero-order valence-electron chi connectivity index (χ0n) is 18.6. The molecule has 8 nitrogen and oxygen atoms in total. The molecule has 0 saturated carbocycles. The highest BCUT2D eigenvalue weighted by molar-refractivity contribution is 7.89.